The molecule has 0 aromatic rings. The summed E-state index contributed by atoms with van der Waals surface area (Å²) in [7, 11) is 1.58. The number of nitrogens with one attached hydrogen (secondary N) is 2. The third kappa shape index (κ3) is 3.76. The fraction of sp³-hybridized carbons (Fsp3) is 0.667. The molecule has 0 aliphatic carbocycles. The van der Waals surface area contributed by atoms with Gasteiger partial charge >= 0.3 is 0 Å². The van der Waals surface area contributed by atoms with Crippen LogP contribution in [0, 0.1) is 0 Å². The van der Waals surface area contributed by atoms with E-state index in [0.717, 1.165) is 0 Å². The summed E-state index contributed by atoms with van der Waals surface area (Å²) >= 11 is -1.22. The van der Waals surface area contributed by atoms with Crippen molar-refractivity contribution < 1.29 is 4.21 Å². The molecule has 0 aromatic carbocycles. The fourth-order valence-electron chi connectivity index (χ4n) is 0.146. The third-order valence-corrected chi connectivity index (χ3v) is 1.09. The molecule has 5 heteroatoms. The quantitative estimate of drug-likeness (QED) is 0.393. The zero-order chi connectivity index (χ0) is 6.41. The van der Waals surface area contributed by atoms with E-state index >= 15 is 0 Å². The number of rotatable bonds is 3. The monoisotopic (exact) mass is 135 g/mol. The van der Waals surface area contributed by atoms with Crippen LogP contribution in [0.2, 0.25) is 0 Å². The van der Waals surface area contributed by atoms with Gasteiger partial charge in [0.05, 0.1) is 0 Å². The first kappa shape index (κ1) is 7.58. The van der Waals surface area contributed by atoms with Gasteiger partial charge in [0.25, 0.3) is 0 Å². The molecule has 0 rings (SSSR count). The number of hydrogen-bond acceptors (Lipinski definition) is 2. The minimum Gasteiger partial charge on any atom is -0.222 e. The largest absolute Gasteiger partial charge is 0.222 e. The number of hydrogen-bond donors (Lipinski definition) is 2. The highest BCUT2D eigenvalue weighted by atomic mass is 32.2. The van der Waals surface area contributed by atoms with Crippen molar-refractivity contribution in [2.75, 3.05) is 7.05 Å². The van der Waals surface area contributed by atoms with Gasteiger partial charge in [-0.05, 0) is 14.0 Å². The van der Waals surface area contributed by atoms with Crippen molar-refractivity contribution in [3.05, 3.63) is 0 Å². The lowest BCUT2D eigenvalue weighted by Gasteiger charge is -1.93. The van der Waals surface area contributed by atoms with E-state index in [1.165, 1.54) is 6.21 Å². The van der Waals surface area contributed by atoms with Gasteiger partial charge in [0, 0.05) is 6.21 Å². The van der Waals surface area contributed by atoms with E-state index in [-0.39, 0.29) is 0 Å². The van der Waals surface area contributed by atoms with Gasteiger partial charge in [-0.1, -0.05) is 0 Å². The molecule has 0 aromatic heterocycles. The van der Waals surface area contributed by atoms with E-state index in [9.17, 15) is 4.21 Å². The Morgan fingerprint density at radius 1 is 1.75 bits per heavy atom. The van der Waals surface area contributed by atoms with E-state index in [2.05, 4.69) is 14.7 Å². The molecule has 4 nitrogen and oxygen atoms in total. The summed E-state index contributed by atoms with van der Waals surface area (Å²) in [6.07, 6.45) is 1.52. The first-order valence-electron chi connectivity index (χ1n) is 2.13. The van der Waals surface area contributed by atoms with E-state index in [1.54, 1.807) is 14.0 Å². The van der Waals surface area contributed by atoms with Gasteiger partial charge < -0.3 is 0 Å². The van der Waals surface area contributed by atoms with E-state index in [4.69, 9.17) is 0 Å². The predicted molar refractivity (Wildman–Crippen MR) is 34.5 cm³/mol. The fourth-order valence-corrected chi connectivity index (χ4v) is 0.439. The molecule has 2 N–H and O–H groups in total. The molecule has 0 spiro atoms. The van der Waals surface area contributed by atoms with Gasteiger partial charge in [-0.15, -0.1) is 0 Å². The van der Waals surface area contributed by atoms with Crippen LogP contribution in [-0.4, -0.2) is 17.5 Å². The third-order valence-electron chi connectivity index (χ3n) is 0.450. The smallest absolute Gasteiger partial charge is 0.209 e. The van der Waals surface area contributed by atoms with Gasteiger partial charge in [0.2, 0.25) is 11.2 Å². The predicted octanol–water partition coefficient (Wildman–Crippen LogP) is -0.620. The second kappa shape index (κ2) is 4.73. The minimum absolute atomic E-state index is 1.22. The number of nitrogens with zero attached hydrogens (tertiary/aromatic N) is 1. The maximum absolute atomic E-state index is 10.3. The maximum atomic E-state index is 10.3. The first-order valence-corrected chi connectivity index (χ1v) is 3.28. The lowest BCUT2D eigenvalue weighted by molar-refractivity contribution is 0.669. The van der Waals surface area contributed by atoms with Crippen LogP contribution in [0.3, 0.4) is 0 Å². The molecular formula is C3H9N3OS. The summed E-state index contributed by atoms with van der Waals surface area (Å²) in [5, 5.41) is 3.50. The van der Waals surface area contributed by atoms with Gasteiger partial charge in [-0.2, -0.15) is 5.10 Å². The van der Waals surface area contributed by atoms with Gasteiger partial charge in [-0.3, -0.25) is 0 Å². The highest BCUT2D eigenvalue weighted by Crippen LogP contribution is 1.60. The summed E-state index contributed by atoms with van der Waals surface area (Å²) in [4.78, 5) is 2.31. The zero-order valence-corrected chi connectivity index (χ0v) is 5.66. The zero-order valence-electron chi connectivity index (χ0n) is 4.84. The average molecular weight is 135 g/mol. The molecule has 0 aliphatic rings. The van der Waals surface area contributed by atoms with Crippen molar-refractivity contribution in [2.45, 2.75) is 6.92 Å². The number of hydrazone groups is 1. The van der Waals surface area contributed by atoms with Crippen molar-refractivity contribution in [3.8, 4) is 0 Å². The Morgan fingerprint density at radius 3 is 2.75 bits per heavy atom. The second-order valence-corrected chi connectivity index (χ2v) is 2.08. The molecule has 0 amide bonds. The topological polar surface area (TPSA) is 53.5 Å². The Bertz CT molecular complexity index is 103. The van der Waals surface area contributed by atoms with Crippen LogP contribution in [0.15, 0.2) is 5.10 Å². The molecule has 0 radical (unpaired) electrons. The van der Waals surface area contributed by atoms with Gasteiger partial charge in [-0.25, -0.2) is 13.8 Å². The van der Waals surface area contributed by atoms with Crippen LogP contribution in [0.25, 0.3) is 0 Å². The van der Waals surface area contributed by atoms with Crippen molar-refractivity contribution in [3.63, 3.8) is 0 Å². The lowest BCUT2D eigenvalue weighted by atomic mass is 10.9. The molecule has 0 saturated heterocycles. The summed E-state index contributed by atoms with van der Waals surface area (Å²) in [6, 6.07) is 0. The molecule has 0 heterocycles. The van der Waals surface area contributed by atoms with Gasteiger partial charge in [0.1, 0.15) is 0 Å². The molecule has 0 fully saturated rings. The lowest BCUT2D eigenvalue weighted by Crippen LogP contribution is -2.22. The summed E-state index contributed by atoms with van der Waals surface area (Å²) in [5.41, 5.74) is 0. The second-order valence-electron chi connectivity index (χ2n) is 0.951. The molecule has 1 unspecified atom stereocenters. The molecule has 0 bridgehead atoms. The molecule has 8 heavy (non-hydrogen) atoms. The summed E-state index contributed by atoms with van der Waals surface area (Å²) in [6.45, 7) is 1.74. The van der Waals surface area contributed by atoms with Gasteiger partial charge in [0.15, 0.2) is 0 Å². The van der Waals surface area contributed by atoms with Crippen molar-refractivity contribution in [1.29, 1.82) is 0 Å². The van der Waals surface area contributed by atoms with E-state index in [1.807, 2.05) is 0 Å². The van der Waals surface area contributed by atoms with Crippen LogP contribution in [-0.2, 0) is 11.2 Å². The first-order chi connectivity index (χ1) is 3.81. The van der Waals surface area contributed by atoms with E-state index in [0.29, 0.717) is 0 Å². The summed E-state index contributed by atoms with van der Waals surface area (Å²) < 4.78 is 12.8. The summed E-state index contributed by atoms with van der Waals surface area (Å²) in [5.74, 6) is 0. The minimum atomic E-state index is -1.22. The normalized spacial score (nSPS) is 14.2. The van der Waals surface area contributed by atoms with Crippen LogP contribution in [0.4, 0.5) is 0 Å². The van der Waals surface area contributed by atoms with Crippen molar-refractivity contribution in [1.82, 2.24) is 9.55 Å². The Labute approximate surface area is 51.1 Å². The van der Waals surface area contributed by atoms with Crippen LogP contribution >= 0.6 is 0 Å². The van der Waals surface area contributed by atoms with Crippen molar-refractivity contribution in [2.24, 2.45) is 5.10 Å². The average Bonchev–Trinajstić information content (AvgIpc) is 1.83. The Hall–Kier alpha value is -0.420. The molecular weight excluding hydrogens is 126 g/mol. The molecule has 1 atom stereocenters. The highest BCUT2D eigenvalue weighted by molar-refractivity contribution is 7.80. The molecule has 0 aliphatic heterocycles. The molecule has 48 valence electrons. The van der Waals surface area contributed by atoms with Crippen LogP contribution in [0.5, 0.6) is 0 Å². The van der Waals surface area contributed by atoms with E-state index < -0.39 is 11.2 Å². The van der Waals surface area contributed by atoms with Crippen molar-refractivity contribution >= 4 is 17.4 Å². The standard InChI is InChI=1S/C3H9N3OS/c1-3-5-6-8(7)4-2/h3-4,6H,1-2H3/b5-3+. The van der Waals surface area contributed by atoms with Crippen LogP contribution < -0.4 is 9.55 Å². The Balaban J connectivity index is 3.25. The van der Waals surface area contributed by atoms with Crippen LogP contribution in [0.1, 0.15) is 6.92 Å². The SMILES string of the molecule is C/C=N/NS(=O)NC. The Kier molecular flexibility index (Phi) is 4.48. The molecule has 0 saturated carbocycles. The Morgan fingerprint density at radius 2 is 2.38 bits per heavy atom. The maximum Gasteiger partial charge on any atom is 0.209 e. The highest BCUT2D eigenvalue weighted by Gasteiger charge is 1.83.